The Bertz CT molecular complexity index is 506. The van der Waals surface area contributed by atoms with Crippen LogP contribution in [0.25, 0.3) is 0 Å². The predicted octanol–water partition coefficient (Wildman–Crippen LogP) is 2.83. The van der Waals surface area contributed by atoms with Crippen molar-refractivity contribution in [2.45, 2.75) is 19.2 Å². The maximum atomic E-state index is 11.6. The maximum Gasteiger partial charge on any atom is 0.368 e. The lowest BCUT2D eigenvalue weighted by Crippen LogP contribution is -2.23. The highest BCUT2D eigenvalue weighted by molar-refractivity contribution is 7.53. The van der Waals surface area contributed by atoms with Crippen LogP contribution in [0.1, 0.15) is 13.3 Å². The van der Waals surface area contributed by atoms with Crippen LogP contribution in [-0.4, -0.2) is 30.4 Å². The van der Waals surface area contributed by atoms with Gasteiger partial charge >= 0.3 is 13.6 Å². The minimum Gasteiger partial charge on any atom is -0.480 e. The maximum absolute atomic E-state index is 11.6. The summed E-state index contributed by atoms with van der Waals surface area (Å²) >= 11 is 5.85. The van der Waals surface area contributed by atoms with Gasteiger partial charge in [-0.15, -0.1) is 0 Å². The Labute approximate surface area is 122 Å². The summed E-state index contributed by atoms with van der Waals surface area (Å²) in [5.74, 6) is -1.66. The van der Waals surface area contributed by atoms with Gasteiger partial charge in [-0.1, -0.05) is 30.7 Å². The highest BCUT2D eigenvalue weighted by Gasteiger charge is 2.33. The van der Waals surface area contributed by atoms with E-state index in [2.05, 4.69) is 4.52 Å². The fourth-order valence-corrected chi connectivity index (χ4v) is 2.52. The molecule has 0 fully saturated rings. The number of hydrogen-bond acceptors (Lipinski definition) is 5. The van der Waals surface area contributed by atoms with Gasteiger partial charge in [0.15, 0.2) is 6.61 Å². The number of rotatable bonds is 7. The molecule has 0 amide bonds. The highest BCUT2D eigenvalue weighted by atomic mass is 35.5. The van der Waals surface area contributed by atoms with Gasteiger partial charge in [0, 0.05) is 7.11 Å². The summed E-state index contributed by atoms with van der Waals surface area (Å²) in [5.41, 5.74) is 0. The van der Waals surface area contributed by atoms with E-state index < -0.39 is 26.0 Å². The van der Waals surface area contributed by atoms with Crippen LogP contribution in [0.15, 0.2) is 24.3 Å². The van der Waals surface area contributed by atoms with Crippen molar-refractivity contribution in [2.24, 2.45) is 0 Å². The van der Waals surface area contributed by atoms with E-state index in [0.29, 0.717) is 10.8 Å². The number of para-hydroxylation sites is 1. The molecule has 1 N–H and O–H groups in total. The molecule has 0 saturated heterocycles. The van der Waals surface area contributed by atoms with E-state index in [1.54, 1.807) is 31.2 Å². The van der Waals surface area contributed by atoms with E-state index >= 15 is 0 Å². The Kier molecular flexibility index (Phi) is 6.49. The van der Waals surface area contributed by atoms with Gasteiger partial charge in [0.2, 0.25) is 5.85 Å². The molecule has 6 nitrogen and oxygen atoms in total. The molecule has 2 atom stereocenters. The molecule has 0 spiro atoms. The van der Waals surface area contributed by atoms with E-state index in [1.165, 1.54) is 0 Å². The molecule has 0 heterocycles. The predicted molar refractivity (Wildman–Crippen MR) is 74.0 cm³/mol. The van der Waals surface area contributed by atoms with Gasteiger partial charge in [0.05, 0.1) is 5.02 Å². The second-order valence-corrected chi connectivity index (χ2v) is 6.30. The summed E-state index contributed by atoms with van der Waals surface area (Å²) in [6.07, 6.45) is 0.152. The third kappa shape index (κ3) is 4.80. The van der Waals surface area contributed by atoms with Crippen LogP contribution in [0.5, 0.6) is 5.75 Å². The summed E-state index contributed by atoms with van der Waals surface area (Å²) < 4.78 is 26.1. The Hall–Kier alpha value is -1.07. The van der Waals surface area contributed by atoms with Gasteiger partial charge in [-0.2, -0.15) is 0 Å². The molecule has 0 aliphatic heterocycles. The third-order valence-corrected chi connectivity index (χ3v) is 4.46. The first-order chi connectivity index (χ1) is 9.40. The monoisotopic (exact) mass is 322 g/mol. The number of esters is 1. The lowest BCUT2D eigenvalue weighted by atomic mass is 10.3. The van der Waals surface area contributed by atoms with Gasteiger partial charge < -0.3 is 18.9 Å². The molecule has 0 aromatic heterocycles. The molecule has 112 valence electrons. The number of ether oxygens (including phenoxy) is 2. The van der Waals surface area contributed by atoms with Crippen molar-refractivity contribution in [1.29, 1.82) is 0 Å². The standard InChI is InChI=1S/C12H16ClO6P/c1-3-12(20(15,16)17-2)19-11(14)8-18-10-7-5-4-6-9(10)13/h4-7,12H,3,8H2,1-2H3,(H,15,16). The number of hydrogen-bond donors (Lipinski definition) is 1. The zero-order valence-corrected chi connectivity index (χ0v) is 12.8. The second-order valence-electron chi connectivity index (χ2n) is 3.82. The number of benzene rings is 1. The van der Waals surface area contributed by atoms with Crippen molar-refractivity contribution >= 4 is 25.2 Å². The Morgan fingerprint density at radius 3 is 2.65 bits per heavy atom. The first kappa shape index (κ1) is 17.0. The molecule has 0 aliphatic rings. The Morgan fingerprint density at radius 1 is 1.45 bits per heavy atom. The van der Waals surface area contributed by atoms with Crippen molar-refractivity contribution in [1.82, 2.24) is 0 Å². The summed E-state index contributed by atoms with van der Waals surface area (Å²) in [6, 6.07) is 6.64. The molecule has 20 heavy (non-hydrogen) atoms. The van der Waals surface area contributed by atoms with Gasteiger partial charge in [-0.3, -0.25) is 4.57 Å². The van der Waals surface area contributed by atoms with Gasteiger partial charge in [-0.25, -0.2) is 4.79 Å². The second kappa shape index (κ2) is 7.64. The summed E-state index contributed by atoms with van der Waals surface area (Å²) in [5, 5.41) is 0.358. The van der Waals surface area contributed by atoms with Crippen LogP contribution < -0.4 is 4.74 Å². The lowest BCUT2D eigenvalue weighted by molar-refractivity contribution is -0.148. The minimum atomic E-state index is -3.97. The van der Waals surface area contributed by atoms with Gasteiger partial charge in [0.1, 0.15) is 5.75 Å². The SMILES string of the molecule is CCC(OC(=O)COc1ccccc1Cl)P(=O)(O)OC. The molecule has 1 aromatic rings. The van der Waals surface area contributed by atoms with Crippen molar-refractivity contribution < 1.29 is 28.3 Å². The first-order valence-corrected chi connectivity index (χ1v) is 7.88. The van der Waals surface area contributed by atoms with E-state index in [0.717, 1.165) is 7.11 Å². The molecule has 0 radical (unpaired) electrons. The topological polar surface area (TPSA) is 82.1 Å². The molecule has 1 rings (SSSR count). The molecule has 0 saturated carbocycles. The molecule has 0 aliphatic carbocycles. The highest BCUT2D eigenvalue weighted by Crippen LogP contribution is 2.48. The average molecular weight is 323 g/mol. The lowest BCUT2D eigenvalue weighted by Gasteiger charge is -2.20. The zero-order valence-electron chi connectivity index (χ0n) is 11.1. The van der Waals surface area contributed by atoms with Crippen LogP contribution in [0.2, 0.25) is 5.02 Å². The third-order valence-electron chi connectivity index (χ3n) is 2.42. The fourth-order valence-electron chi connectivity index (χ4n) is 1.38. The van der Waals surface area contributed by atoms with Gasteiger partial charge in [-0.05, 0) is 18.6 Å². The van der Waals surface area contributed by atoms with Crippen LogP contribution in [-0.2, 0) is 18.6 Å². The summed E-state index contributed by atoms with van der Waals surface area (Å²) in [4.78, 5) is 21.0. The smallest absolute Gasteiger partial charge is 0.368 e. The molecular weight excluding hydrogens is 307 g/mol. The zero-order chi connectivity index (χ0) is 15.2. The number of carbonyl (C=O) groups is 1. The van der Waals surface area contributed by atoms with Crippen molar-refractivity contribution in [3.63, 3.8) is 0 Å². The Morgan fingerprint density at radius 2 is 2.10 bits per heavy atom. The minimum absolute atomic E-state index is 0.152. The summed E-state index contributed by atoms with van der Waals surface area (Å²) in [7, 11) is -2.89. The fraction of sp³-hybridized carbons (Fsp3) is 0.417. The molecule has 0 bridgehead atoms. The van der Waals surface area contributed by atoms with Crippen LogP contribution in [0.4, 0.5) is 0 Å². The first-order valence-electron chi connectivity index (χ1n) is 5.85. The van der Waals surface area contributed by atoms with Crippen LogP contribution >= 0.6 is 19.2 Å². The number of halogens is 1. The summed E-state index contributed by atoms with van der Waals surface area (Å²) in [6.45, 7) is 1.19. The average Bonchev–Trinajstić information content (AvgIpc) is 2.43. The molecule has 2 unspecified atom stereocenters. The molecular formula is C12H16ClO6P. The van der Waals surface area contributed by atoms with Crippen LogP contribution in [0, 0.1) is 0 Å². The molecule has 1 aromatic carbocycles. The van der Waals surface area contributed by atoms with Crippen LogP contribution in [0.3, 0.4) is 0 Å². The quantitative estimate of drug-likeness (QED) is 0.614. The van der Waals surface area contributed by atoms with Gasteiger partial charge in [0.25, 0.3) is 0 Å². The van der Waals surface area contributed by atoms with E-state index in [1.807, 2.05) is 0 Å². The van der Waals surface area contributed by atoms with E-state index in [9.17, 15) is 14.3 Å². The number of carbonyl (C=O) groups excluding carboxylic acids is 1. The Balaban J connectivity index is 2.56. The molecule has 8 heteroatoms. The van der Waals surface area contributed by atoms with E-state index in [-0.39, 0.29) is 6.42 Å². The van der Waals surface area contributed by atoms with Crippen molar-refractivity contribution in [3.05, 3.63) is 29.3 Å². The van der Waals surface area contributed by atoms with E-state index in [4.69, 9.17) is 21.1 Å². The van der Waals surface area contributed by atoms with Crippen molar-refractivity contribution in [2.75, 3.05) is 13.7 Å². The van der Waals surface area contributed by atoms with Crippen molar-refractivity contribution in [3.8, 4) is 5.75 Å². The normalized spacial score (nSPS) is 15.2. The largest absolute Gasteiger partial charge is 0.480 e.